The number of thiophene rings is 1. The number of rotatable bonds is 4. The molecule has 3 aromatic heterocycles. The van der Waals surface area contributed by atoms with Crippen molar-refractivity contribution in [2.45, 2.75) is 26.8 Å². The Labute approximate surface area is 225 Å². The van der Waals surface area contributed by atoms with Crippen molar-refractivity contribution in [3.8, 4) is 21.8 Å². The number of para-hydroxylation sites is 1. The summed E-state index contributed by atoms with van der Waals surface area (Å²) in [7, 11) is 0. The van der Waals surface area contributed by atoms with Crippen LogP contribution < -0.4 is 5.32 Å². The van der Waals surface area contributed by atoms with Crippen LogP contribution in [0.3, 0.4) is 0 Å². The summed E-state index contributed by atoms with van der Waals surface area (Å²) in [5, 5.41) is 9.30. The Balaban J connectivity index is 1.44. The van der Waals surface area contributed by atoms with Crippen molar-refractivity contribution < 1.29 is 14.1 Å². The molecule has 0 spiro atoms. The normalized spacial score (nSPS) is 13.1. The number of carbonyl (C=O) groups excluding carboxylic acids is 2. The summed E-state index contributed by atoms with van der Waals surface area (Å²) in [5.41, 5.74) is 4.32. The molecule has 1 N–H and O–H groups in total. The van der Waals surface area contributed by atoms with E-state index in [0.717, 1.165) is 31.2 Å². The van der Waals surface area contributed by atoms with E-state index < -0.39 is 0 Å². The molecule has 0 atom stereocenters. The van der Waals surface area contributed by atoms with E-state index in [9.17, 15) is 9.59 Å². The molecule has 37 heavy (non-hydrogen) atoms. The molecular formula is C27H21ClN4O3S2. The Kier molecular flexibility index (Phi) is 6.06. The predicted octanol–water partition coefficient (Wildman–Crippen LogP) is 6.80. The molecule has 5 aromatic rings. The molecule has 1 aliphatic rings. The molecule has 186 valence electrons. The lowest BCUT2D eigenvalue weighted by Gasteiger charge is -2.26. The highest BCUT2D eigenvalue weighted by molar-refractivity contribution is 7.23. The largest absolute Gasteiger partial charge is 0.360 e. The molecule has 0 fully saturated rings. The van der Waals surface area contributed by atoms with Crippen molar-refractivity contribution in [1.82, 2.24) is 15.0 Å². The third kappa shape index (κ3) is 4.22. The minimum absolute atomic E-state index is 0.0376. The van der Waals surface area contributed by atoms with Gasteiger partial charge in [-0.15, -0.1) is 22.7 Å². The molecule has 0 aliphatic carbocycles. The minimum Gasteiger partial charge on any atom is -0.360 e. The van der Waals surface area contributed by atoms with Gasteiger partial charge in [0.25, 0.3) is 5.91 Å². The fourth-order valence-corrected chi connectivity index (χ4v) is 7.20. The smallest absolute Gasteiger partial charge is 0.262 e. The fourth-order valence-electron chi connectivity index (χ4n) is 4.61. The van der Waals surface area contributed by atoms with Crippen molar-refractivity contribution >= 4 is 61.3 Å². The van der Waals surface area contributed by atoms with Gasteiger partial charge in [0.15, 0.2) is 0 Å². The topological polar surface area (TPSA) is 88.3 Å². The van der Waals surface area contributed by atoms with Crippen LogP contribution in [0.15, 0.2) is 53.1 Å². The van der Waals surface area contributed by atoms with Gasteiger partial charge in [0, 0.05) is 29.5 Å². The third-order valence-corrected chi connectivity index (χ3v) is 8.97. The molecule has 2 aromatic carbocycles. The monoisotopic (exact) mass is 548 g/mol. The lowest BCUT2D eigenvalue weighted by atomic mass is 10.0. The summed E-state index contributed by atoms with van der Waals surface area (Å²) in [5.74, 6) is 0.103. The van der Waals surface area contributed by atoms with Gasteiger partial charge in [0.05, 0.1) is 21.8 Å². The number of fused-ring (bicyclic) bond motifs is 2. The van der Waals surface area contributed by atoms with E-state index in [4.69, 9.17) is 21.1 Å². The van der Waals surface area contributed by atoms with Gasteiger partial charge in [-0.25, -0.2) is 4.98 Å². The van der Waals surface area contributed by atoms with Crippen molar-refractivity contribution in [2.24, 2.45) is 0 Å². The van der Waals surface area contributed by atoms with E-state index in [1.165, 1.54) is 11.3 Å². The molecule has 0 radical (unpaired) electrons. The van der Waals surface area contributed by atoms with Gasteiger partial charge in [0.1, 0.15) is 27.0 Å². The highest BCUT2D eigenvalue weighted by Gasteiger charge is 2.30. The number of thiazole rings is 1. The molecular weight excluding hydrogens is 528 g/mol. The number of nitrogens with zero attached hydrogens (tertiary/aromatic N) is 3. The predicted molar refractivity (Wildman–Crippen MR) is 147 cm³/mol. The SMILES string of the molecule is CC(=O)N1CCc2c(sc(NC(=O)c3c(-c4ccccc4Cl)noc3C)c2-c2nc3ccccc3s2)C1. The quantitative estimate of drug-likeness (QED) is 0.267. The number of hydrogen-bond donors (Lipinski definition) is 1. The average Bonchev–Trinajstić information content (AvgIpc) is 3.57. The second kappa shape index (κ2) is 9.41. The third-order valence-electron chi connectivity index (χ3n) is 6.46. The number of anilines is 1. The first-order valence-electron chi connectivity index (χ1n) is 11.7. The number of aromatic nitrogens is 2. The Morgan fingerprint density at radius 2 is 1.89 bits per heavy atom. The molecule has 6 rings (SSSR count). The highest BCUT2D eigenvalue weighted by atomic mass is 35.5. The van der Waals surface area contributed by atoms with Gasteiger partial charge < -0.3 is 14.7 Å². The zero-order valence-electron chi connectivity index (χ0n) is 20.0. The molecule has 0 unspecified atom stereocenters. The minimum atomic E-state index is -0.335. The van der Waals surface area contributed by atoms with E-state index in [0.29, 0.717) is 52.1 Å². The summed E-state index contributed by atoms with van der Waals surface area (Å²) in [6.45, 7) is 4.44. The van der Waals surface area contributed by atoms with Crippen LogP contribution in [-0.2, 0) is 17.8 Å². The van der Waals surface area contributed by atoms with Crippen molar-refractivity contribution in [1.29, 1.82) is 0 Å². The summed E-state index contributed by atoms with van der Waals surface area (Å²) < 4.78 is 6.50. The van der Waals surface area contributed by atoms with Gasteiger partial charge in [-0.05, 0) is 37.1 Å². The zero-order chi connectivity index (χ0) is 25.7. The number of hydrogen-bond acceptors (Lipinski definition) is 7. The van der Waals surface area contributed by atoms with Gasteiger partial charge >= 0.3 is 0 Å². The van der Waals surface area contributed by atoms with Crippen LogP contribution in [0.2, 0.25) is 5.02 Å². The summed E-state index contributed by atoms with van der Waals surface area (Å²) in [6, 6.07) is 15.2. The molecule has 7 nitrogen and oxygen atoms in total. The Morgan fingerprint density at radius 3 is 2.68 bits per heavy atom. The maximum atomic E-state index is 13.7. The number of amides is 2. The Morgan fingerprint density at radius 1 is 1.11 bits per heavy atom. The second-order valence-corrected chi connectivity index (χ2v) is 11.3. The molecule has 0 saturated carbocycles. The number of benzene rings is 2. The van der Waals surface area contributed by atoms with Crippen LogP contribution in [0, 0.1) is 6.92 Å². The molecule has 10 heteroatoms. The molecule has 4 heterocycles. The van der Waals surface area contributed by atoms with Crippen molar-refractivity contribution in [3.63, 3.8) is 0 Å². The molecule has 0 bridgehead atoms. The van der Waals surface area contributed by atoms with Crippen LogP contribution in [0.25, 0.3) is 32.0 Å². The first-order valence-corrected chi connectivity index (χ1v) is 13.7. The highest BCUT2D eigenvalue weighted by Crippen LogP contribution is 2.46. The second-order valence-electron chi connectivity index (χ2n) is 8.78. The van der Waals surface area contributed by atoms with Crippen LogP contribution in [0.4, 0.5) is 5.00 Å². The average molecular weight is 549 g/mol. The molecule has 2 amide bonds. The Bertz CT molecular complexity index is 1650. The van der Waals surface area contributed by atoms with Crippen molar-refractivity contribution in [3.05, 3.63) is 75.3 Å². The lowest BCUT2D eigenvalue weighted by Crippen LogP contribution is -2.33. The summed E-state index contributed by atoms with van der Waals surface area (Å²) >= 11 is 9.49. The zero-order valence-corrected chi connectivity index (χ0v) is 22.4. The van der Waals surface area contributed by atoms with Crippen molar-refractivity contribution in [2.75, 3.05) is 11.9 Å². The molecule has 0 saturated heterocycles. The standard InChI is InChI=1S/C27H21ClN4O3S2/c1-14-22(24(31-35-14)16-7-3-4-8-18(16)28)25(34)30-27-23(26-29-19-9-5-6-10-20(19)36-26)17-11-12-32(15(2)33)13-21(17)37-27/h3-10H,11-13H2,1-2H3,(H,30,34). The summed E-state index contributed by atoms with van der Waals surface area (Å²) in [6.07, 6.45) is 0.698. The van der Waals surface area contributed by atoms with Crippen LogP contribution in [0.1, 0.15) is 33.5 Å². The summed E-state index contributed by atoms with van der Waals surface area (Å²) in [4.78, 5) is 33.6. The number of halogens is 1. The fraction of sp³-hybridized carbons (Fsp3) is 0.185. The molecule has 1 aliphatic heterocycles. The number of aryl methyl sites for hydroxylation is 1. The van der Waals surface area contributed by atoms with Gasteiger partial charge in [-0.2, -0.15) is 0 Å². The number of carbonyl (C=O) groups is 2. The van der Waals surface area contributed by atoms with Gasteiger partial charge in [-0.1, -0.05) is 47.1 Å². The lowest BCUT2D eigenvalue weighted by molar-refractivity contribution is -0.129. The van der Waals surface area contributed by atoms with Gasteiger partial charge in [-0.3, -0.25) is 9.59 Å². The first kappa shape index (κ1) is 23.8. The van der Waals surface area contributed by atoms with Crippen LogP contribution in [0.5, 0.6) is 0 Å². The first-order chi connectivity index (χ1) is 17.9. The van der Waals surface area contributed by atoms with E-state index in [-0.39, 0.29) is 11.8 Å². The van der Waals surface area contributed by atoms with E-state index in [2.05, 4.69) is 10.5 Å². The number of nitrogens with one attached hydrogen (secondary N) is 1. The van der Waals surface area contributed by atoms with E-state index in [1.807, 2.05) is 47.4 Å². The van der Waals surface area contributed by atoms with Crippen LogP contribution in [-0.4, -0.2) is 33.4 Å². The van der Waals surface area contributed by atoms with E-state index >= 15 is 0 Å². The Hall–Kier alpha value is -3.53. The maximum Gasteiger partial charge on any atom is 0.262 e. The van der Waals surface area contributed by atoms with Gasteiger partial charge in [0.2, 0.25) is 5.91 Å². The van der Waals surface area contributed by atoms with E-state index in [1.54, 1.807) is 31.3 Å². The maximum absolute atomic E-state index is 13.7. The van der Waals surface area contributed by atoms with Crippen LogP contribution >= 0.6 is 34.3 Å².